The minimum atomic E-state index is -0.350. The Kier molecular flexibility index (Phi) is 6.02. The molecule has 0 aliphatic heterocycles. The number of unbranched alkanes of at least 4 members (excludes halogenated alkanes) is 2. The van der Waals surface area contributed by atoms with Crippen molar-refractivity contribution < 1.29 is 9.18 Å². The molecule has 2 aromatic rings. The van der Waals surface area contributed by atoms with Crippen LogP contribution in [-0.2, 0) is 0 Å². The summed E-state index contributed by atoms with van der Waals surface area (Å²) < 4.78 is 13.2. The number of carbonyl (C=O) groups is 1. The fraction of sp³-hybridized carbons (Fsp3) is 0.353. The lowest BCUT2D eigenvalue weighted by Crippen LogP contribution is -2.25. The Bertz CT molecular complexity index is 675. The van der Waals surface area contributed by atoms with E-state index < -0.39 is 0 Å². The predicted molar refractivity (Wildman–Crippen MR) is 88.3 cm³/mol. The number of amides is 1. The average molecular weight is 316 g/mol. The zero-order valence-electron chi connectivity index (χ0n) is 13.4. The number of aryl methyl sites for hydroxylation is 1. The molecule has 0 saturated heterocycles. The molecular weight excluding hydrogens is 295 g/mol. The fourth-order valence-corrected chi connectivity index (χ4v) is 2.10. The van der Waals surface area contributed by atoms with Crippen molar-refractivity contribution in [3.8, 4) is 0 Å². The topological polar surface area (TPSA) is 66.9 Å². The minimum Gasteiger partial charge on any atom is -0.351 e. The molecule has 6 heteroatoms. The highest BCUT2D eigenvalue weighted by atomic mass is 19.1. The first-order valence-corrected chi connectivity index (χ1v) is 7.75. The van der Waals surface area contributed by atoms with Gasteiger partial charge in [0.25, 0.3) is 5.91 Å². The molecule has 1 aromatic heterocycles. The summed E-state index contributed by atoms with van der Waals surface area (Å²) in [6, 6.07) is 7.63. The van der Waals surface area contributed by atoms with Crippen LogP contribution < -0.4 is 10.6 Å². The normalized spacial score (nSPS) is 10.4. The van der Waals surface area contributed by atoms with Gasteiger partial charge in [-0.25, -0.2) is 14.4 Å². The maximum Gasteiger partial charge on any atom is 0.270 e. The SMILES string of the molecule is CCCCCNC(=O)c1cc(C)nc(Nc2cccc(F)c2)n1. The smallest absolute Gasteiger partial charge is 0.270 e. The molecule has 5 nitrogen and oxygen atoms in total. The molecule has 1 heterocycles. The van der Waals surface area contributed by atoms with Gasteiger partial charge in [0.1, 0.15) is 11.5 Å². The molecule has 0 radical (unpaired) electrons. The van der Waals surface area contributed by atoms with Crippen LogP contribution in [-0.4, -0.2) is 22.4 Å². The summed E-state index contributed by atoms with van der Waals surface area (Å²) in [5.41, 5.74) is 1.50. The van der Waals surface area contributed by atoms with Gasteiger partial charge < -0.3 is 10.6 Å². The number of hydrogen-bond acceptors (Lipinski definition) is 4. The molecule has 1 amide bonds. The third kappa shape index (κ3) is 5.32. The first kappa shape index (κ1) is 16.9. The Balaban J connectivity index is 2.07. The maximum atomic E-state index is 13.2. The quantitative estimate of drug-likeness (QED) is 0.766. The molecule has 0 aliphatic rings. The summed E-state index contributed by atoms with van der Waals surface area (Å²) in [5, 5.41) is 5.76. The number of anilines is 2. The van der Waals surface area contributed by atoms with E-state index in [1.807, 2.05) is 0 Å². The maximum absolute atomic E-state index is 13.2. The molecule has 2 N–H and O–H groups in total. The van der Waals surface area contributed by atoms with E-state index in [-0.39, 0.29) is 17.7 Å². The molecule has 0 spiro atoms. The largest absolute Gasteiger partial charge is 0.351 e. The Hall–Kier alpha value is -2.50. The molecule has 0 fully saturated rings. The Morgan fingerprint density at radius 3 is 2.78 bits per heavy atom. The monoisotopic (exact) mass is 316 g/mol. The summed E-state index contributed by atoms with van der Waals surface area (Å²) >= 11 is 0. The summed E-state index contributed by atoms with van der Waals surface area (Å²) in [5.74, 6) is -0.306. The molecule has 122 valence electrons. The van der Waals surface area contributed by atoms with Gasteiger partial charge in [-0.05, 0) is 37.6 Å². The van der Waals surface area contributed by atoms with Crippen molar-refractivity contribution in [3.63, 3.8) is 0 Å². The standard InChI is InChI=1S/C17H21FN4O/c1-3-4-5-9-19-16(23)15-10-12(2)20-17(22-15)21-14-8-6-7-13(18)11-14/h6-8,10-11H,3-5,9H2,1-2H3,(H,19,23)(H,20,21,22). The van der Waals surface area contributed by atoms with Crippen molar-refractivity contribution >= 4 is 17.5 Å². The van der Waals surface area contributed by atoms with Crippen molar-refractivity contribution in [1.82, 2.24) is 15.3 Å². The molecule has 0 unspecified atom stereocenters. The zero-order valence-corrected chi connectivity index (χ0v) is 13.4. The van der Waals surface area contributed by atoms with Crippen LogP contribution in [0.1, 0.15) is 42.4 Å². The van der Waals surface area contributed by atoms with E-state index in [1.165, 1.54) is 12.1 Å². The van der Waals surface area contributed by atoms with Crippen LogP contribution in [0.25, 0.3) is 0 Å². The van der Waals surface area contributed by atoms with Gasteiger partial charge >= 0.3 is 0 Å². The van der Waals surface area contributed by atoms with Crippen molar-refractivity contribution in [2.75, 3.05) is 11.9 Å². The van der Waals surface area contributed by atoms with Crippen LogP contribution in [0, 0.1) is 12.7 Å². The summed E-state index contributed by atoms with van der Waals surface area (Å²) in [6.45, 7) is 4.52. The van der Waals surface area contributed by atoms with Gasteiger partial charge in [-0.15, -0.1) is 0 Å². The Morgan fingerprint density at radius 2 is 2.04 bits per heavy atom. The first-order chi connectivity index (χ1) is 11.1. The van der Waals surface area contributed by atoms with Crippen molar-refractivity contribution in [2.24, 2.45) is 0 Å². The van der Waals surface area contributed by atoms with Gasteiger partial charge in [-0.1, -0.05) is 25.8 Å². The zero-order chi connectivity index (χ0) is 16.7. The van der Waals surface area contributed by atoms with E-state index in [9.17, 15) is 9.18 Å². The molecule has 1 aromatic carbocycles. The first-order valence-electron chi connectivity index (χ1n) is 7.75. The number of halogens is 1. The highest BCUT2D eigenvalue weighted by molar-refractivity contribution is 5.92. The van der Waals surface area contributed by atoms with Crippen LogP contribution in [0.3, 0.4) is 0 Å². The minimum absolute atomic E-state index is 0.228. The van der Waals surface area contributed by atoms with Gasteiger partial charge in [0.05, 0.1) is 0 Å². The number of rotatable bonds is 7. The second-order valence-electron chi connectivity index (χ2n) is 5.32. The van der Waals surface area contributed by atoms with Crippen molar-refractivity contribution in [2.45, 2.75) is 33.1 Å². The summed E-state index contributed by atoms with van der Waals surface area (Å²) in [6.07, 6.45) is 3.13. The molecule has 0 bridgehead atoms. The van der Waals surface area contributed by atoms with E-state index in [4.69, 9.17) is 0 Å². The lowest BCUT2D eigenvalue weighted by Gasteiger charge is -2.09. The van der Waals surface area contributed by atoms with Gasteiger partial charge in [0.15, 0.2) is 0 Å². The Labute approximate surface area is 135 Å². The van der Waals surface area contributed by atoms with Crippen molar-refractivity contribution in [1.29, 1.82) is 0 Å². The van der Waals surface area contributed by atoms with Gasteiger partial charge in [0, 0.05) is 17.9 Å². The van der Waals surface area contributed by atoms with E-state index in [1.54, 1.807) is 25.1 Å². The second-order valence-corrected chi connectivity index (χ2v) is 5.32. The van der Waals surface area contributed by atoms with E-state index in [0.717, 1.165) is 19.3 Å². The third-order valence-electron chi connectivity index (χ3n) is 3.23. The number of aromatic nitrogens is 2. The van der Waals surface area contributed by atoms with Gasteiger partial charge in [-0.2, -0.15) is 0 Å². The molecule has 0 atom stereocenters. The highest BCUT2D eigenvalue weighted by Gasteiger charge is 2.10. The number of hydrogen-bond donors (Lipinski definition) is 2. The molecule has 23 heavy (non-hydrogen) atoms. The van der Waals surface area contributed by atoms with Crippen LogP contribution in [0.2, 0.25) is 0 Å². The van der Waals surface area contributed by atoms with Crippen LogP contribution >= 0.6 is 0 Å². The lowest BCUT2D eigenvalue weighted by molar-refractivity contribution is 0.0948. The molecule has 2 rings (SSSR count). The lowest BCUT2D eigenvalue weighted by atomic mass is 10.2. The Morgan fingerprint density at radius 1 is 1.22 bits per heavy atom. The highest BCUT2D eigenvalue weighted by Crippen LogP contribution is 2.15. The third-order valence-corrected chi connectivity index (χ3v) is 3.23. The van der Waals surface area contributed by atoms with E-state index >= 15 is 0 Å². The van der Waals surface area contributed by atoms with E-state index in [0.29, 0.717) is 23.6 Å². The number of carbonyl (C=O) groups excluding carboxylic acids is 1. The van der Waals surface area contributed by atoms with E-state index in [2.05, 4.69) is 27.5 Å². The fourth-order valence-electron chi connectivity index (χ4n) is 2.10. The van der Waals surface area contributed by atoms with Gasteiger partial charge in [-0.3, -0.25) is 4.79 Å². The van der Waals surface area contributed by atoms with Crippen LogP contribution in [0.15, 0.2) is 30.3 Å². The second kappa shape index (κ2) is 8.22. The number of benzene rings is 1. The van der Waals surface area contributed by atoms with Crippen LogP contribution in [0.4, 0.5) is 16.0 Å². The van der Waals surface area contributed by atoms with Gasteiger partial charge in [0.2, 0.25) is 5.95 Å². The van der Waals surface area contributed by atoms with Crippen molar-refractivity contribution in [3.05, 3.63) is 47.5 Å². The van der Waals surface area contributed by atoms with Crippen LogP contribution in [0.5, 0.6) is 0 Å². The number of nitrogens with one attached hydrogen (secondary N) is 2. The molecule has 0 saturated carbocycles. The molecule has 0 aliphatic carbocycles. The summed E-state index contributed by atoms with van der Waals surface area (Å²) in [7, 11) is 0. The average Bonchev–Trinajstić information content (AvgIpc) is 2.51. The predicted octanol–water partition coefficient (Wildman–Crippen LogP) is 3.59. The molecular formula is C17H21FN4O. The number of nitrogens with zero attached hydrogens (tertiary/aromatic N) is 2. The summed E-state index contributed by atoms with van der Waals surface area (Å²) in [4.78, 5) is 20.6.